The van der Waals surface area contributed by atoms with Crippen molar-refractivity contribution in [1.29, 1.82) is 0 Å². The van der Waals surface area contributed by atoms with Gasteiger partial charge in [0.15, 0.2) is 9.84 Å². The molecule has 1 fully saturated rings. The zero-order chi connectivity index (χ0) is 14.1. The van der Waals surface area contributed by atoms with Crippen molar-refractivity contribution >= 4 is 15.8 Å². The number of esters is 1. The van der Waals surface area contributed by atoms with Crippen molar-refractivity contribution < 1.29 is 22.7 Å². The number of ether oxygens (including phenoxy) is 2. The monoisotopic (exact) mass is 293 g/mol. The number of hydrogen-bond acceptors (Lipinski definition) is 6. The molecular weight excluding hydrogens is 270 g/mol. The second kappa shape index (κ2) is 8.50. The summed E-state index contributed by atoms with van der Waals surface area (Å²) in [5, 5.41) is 2.90. The number of rotatable bonds is 9. The Labute approximate surface area is 114 Å². The molecule has 1 saturated heterocycles. The van der Waals surface area contributed by atoms with E-state index in [-0.39, 0.29) is 36.7 Å². The molecule has 1 rings (SSSR count). The maximum Gasteiger partial charge on any atom is 0.320 e. The van der Waals surface area contributed by atoms with Gasteiger partial charge in [-0.1, -0.05) is 13.3 Å². The lowest BCUT2D eigenvalue weighted by molar-refractivity contribution is -0.144. The molecule has 112 valence electrons. The fourth-order valence-corrected chi connectivity index (χ4v) is 3.51. The molecule has 0 aromatic heterocycles. The van der Waals surface area contributed by atoms with E-state index in [1.807, 2.05) is 0 Å². The molecule has 1 aliphatic heterocycles. The van der Waals surface area contributed by atoms with Gasteiger partial charge in [0.25, 0.3) is 0 Å². The lowest BCUT2D eigenvalue weighted by atomic mass is 10.3. The summed E-state index contributed by atoms with van der Waals surface area (Å²) >= 11 is 0. The summed E-state index contributed by atoms with van der Waals surface area (Å²) in [5.74, 6) is -0.0610. The SMILES string of the molecule is CCCCOCCOC(=O)CNC1CCS(=O)(=O)C1. The summed E-state index contributed by atoms with van der Waals surface area (Å²) < 4.78 is 32.6. The van der Waals surface area contributed by atoms with E-state index in [1.54, 1.807) is 0 Å². The van der Waals surface area contributed by atoms with Gasteiger partial charge in [-0.3, -0.25) is 4.79 Å². The molecular formula is C12H23NO5S. The first-order chi connectivity index (χ1) is 9.03. The van der Waals surface area contributed by atoms with Crippen LogP contribution < -0.4 is 5.32 Å². The predicted molar refractivity (Wildman–Crippen MR) is 71.7 cm³/mol. The van der Waals surface area contributed by atoms with E-state index in [2.05, 4.69) is 12.2 Å². The molecule has 0 radical (unpaired) electrons. The first-order valence-corrected chi connectivity index (χ1v) is 8.53. The van der Waals surface area contributed by atoms with Crippen molar-refractivity contribution in [2.24, 2.45) is 0 Å². The van der Waals surface area contributed by atoms with E-state index in [0.29, 0.717) is 19.6 Å². The van der Waals surface area contributed by atoms with E-state index < -0.39 is 9.84 Å². The third-order valence-electron chi connectivity index (χ3n) is 2.90. The van der Waals surface area contributed by atoms with E-state index in [4.69, 9.17) is 9.47 Å². The number of carbonyl (C=O) groups excluding carboxylic acids is 1. The zero-order valence-electron chi connectivity index (χ0n) is 11.4. The maximum atomic E-state index is 11.4. The van der Waals surface area contributed by atoms with Gasteiger partial charge in [-0.05, 0) is 12.8 Å². The van der Waals surface area contributed by atoms with Crippen LogP contribution >= 0.6 is 0 Å². The summed E-state index contributed by atoms with van der Waals surface area (Å²) in [6, 6.07) is -0.127. The van der Waals surface area contributed by atoms with Crippen molar-refractivity contribution in [2.45, 2.75) is 32.2 Å². The fraction of sp³-hybridized carbons (Fsp3) is 0.917. The average Bonchev–Trinajstić information content (AvgIpc) is 2.71. The van der Waals surface area contributed by atoms with Gasteiger partial charge < -0.3 is 14.8 Å². The first-order valence-electron chi connectivity index (χ1n) is 6.70. The van der Waals surface area contributed by atoms with Crippen molar-refractivity contribution in [1.82, 2.24) is 5.32 Å². The largest absolute Gasteiger partial charge is 0.462 e. The van der Waals surface area contributed by atoms with Crippen molar-refractivity contribution in [2.75, 3.05) is 37.9 Å². The normalized spacial score (nSPS) is 21.4. The Balaban J connectivity index is 1.99. The molecule has 1 unspecified atom stereocenters. The predicted octanol–water partition coefficient (Wildman–Crippen LogP) is 0.123. The molecule has 19 heavy (non-hydrogen) atoms. The van der Waals surface area contributed by atoms with Crippen LogP contribution in [-0.4, -0.2) is 58.3 Å². The second-order valence-electron chi connectivity index (χ2n) is 4.67. The van der Waals surface area contributed by atoms with Crippen LogP contribution in [0.15, 0.2) is 0 Å². The number of hydrogen-bond donors (Lipinski definition) is 1. The van der Waals surface area contributed by atoms with Crippen LogP contribution in [0, 0.1) is 0 Å². The molecule has 7 heteroatoms. The molecule has 0 aliphatic carbocycles. The van der Waals surface area contributed by atoms with Crippen LogP contribution in [0.5, 0.6) is 0 Å². The minimum absolute atomic E-state index is 0.0507. The van der Waals surface area contributed by atoms with Gasteiger partial charge in [-0.2, -0.15) is 0 Å². The van der Waals surface area contributed by atoms with Gasteiger partial charge >= 0.3 is 5.97 Å². The topological polar surface area (TPSA) is 81.7 Å². The molecule has 1 atom stereocenters. The highest BCUT2D eigenvalue weighted by Crippen LogP contribution is 2.10. The van der Waals surface area contributed by atoms with Gasteiger partial charge in [-0.25, -0.2) is 8.42 Å². The number of carbonyl (C=O) groups is 1. The fourth-order valence-electron chi connectivity index (χ4n) is 1.80. The zero-order valence-corrected chi connectivity index (χ0v) is 12.2. The Morgan fingerprint density at radius 3 is 2.74 bits per heavy atom. The molecule has 0 aromatic carbocycles. The molecule has 0 saturated carbocycles. The number of unbranched alkanes of at least 4 members (excludes halogenated alkanes) is 1. The van der Waals surface area contributed by atoms with Crippen LogP contribution in [-0.2, 0) is 24.1 Å². The quantitative estimate of drug-likeness (QED) is 0.480. The molecule has 1 aliphatic rings. The van der Waals surface area contributed by atoms with Gasteiger partial charge in [0.2, 0.25) is 0 Å². The Kier molecular flexibility index (Phi) is 7.33. The smallest absolute Gasteiger partial charge is 0.320 e. The van der Waals surface area contributed by atoms with E-state index in [1.165, 1.54) is 0 Å². The highest BCUT2D eigenvalue weighted by molar-refractivity contribution is 7.91. The highest BCUT2D eigenvalue weighted by Gasteiger charge is 2.27. The van der Waals surface area contributed by atoms with Crippen LogP contribution in [0.3, 0.4) is 0 Å². The second-order valence-corrected chi connectivity index (χ2v) is 6.90. The molecule has 0 bridgehead atoms. The molecule has 0 aromatic rings. The third kappa shape index (κ3) is 7.49. The summed E-state index contributed by atoms with van der Waals surface area (Å²) in [4.78, 5) is 11.4. The summed E-state index contributed by atoms with van der Waals surface area (Å²) in [6.07, 6.45) is 2.65. The lowest BCUT2D eigenvalue weighted by Gasteiger charge is -2.10. The standard InChI is InChI=1S/C12H23NO5S/c1-2-3-5-17-6-7-18-12(14)9-13-11-4-8-19(15,16)10-11/h11,13H,2-10H2,1H3. The molecule has 0 amide bonds. The van der Waals surface area contributed by atoms with Crippen LogP contribution in [0.4, 0.5) is 0 Å². The Morgan fingerprint density at radius 1 is 1.32 bits per heavy atom. The minimum atomic E-state index is -2.91. The van der Waals surface area contributed by atoms with Gasteiger partial charge in [0.1, 0.15) is 6.61 Å². The highest BCUT2D eigenvalue weighted by atomic mass is 32.2. The lowest BCUT2D eigenvalue weighted by Crippen LogP contribution is -2.35. The summed E-state index contributed by atoms with van der Waals surface area (Å²) in [5.41, 5.74) is 0. The van der Waals surface area contributed by atoms with Gasteiger partial charge in [0.05, 0.1) is 24.7 Å². The van der Waals surface area contributed by atoms with Crippen LogP contribution in [0.1, 0.15) is 26.2 Å². The van der Waals surface area contributed by atoms with E-state index in [0.717, 1.165) is 12.8 Å². The van der Waals surface area contributed by atoms with Crippen molar-refractivity contribution in [3.63, 3.8) is 0 Å². The number of nitrogens with one attached hydrogen (secondary N) is 1. The van der Waals surface area contributed by atoms with Crippen molar-refractivity contribution in [3.8, 4) is 0 Å². The number of sulfone groups is 1. The minimum Gasteiger partial charge on any atom is -0.462 e. The van der Waals surface area contributed by atoms with E-state index >= 15 is 0 Å². The Hall–Kier alpha value is -0.660. The Bertz CT molecular complexity index is 368. The summed E-state index contributed by atoms with van der Waals surface area (Å²) in [6.45, 7) is 3.47. The maximum absolute atomic E-state index is 11.4. The molecule has 6 nitrogen and oxygen atoms in total. The third-order valence-corrected chi connectivity index (χ3v) is 4.67. The average molecular weight is 293 g/mol. The van der Waals surface area contributed by atoms with Crippen LogP contribution in [0.25, 0.3) is 0 Å². The molecule has 1 heterocycles. The van der Waals surface area contributed by atoms with Crippen molar-refractivity contribution in [3.05, 3.63) is 0 Å². The van der Waals surface area contributed by atoms with Crippen LogP contribution in [0.2, 0.25) is 0 Å². The van der Waals surface area contributed by atoms with Gasteiger partial charge in [0, 0.05) is 12.6 Å². The van der Waals surface area contributed by atoms with E-state index in [9.17, 15) is 13.2 Å². The molecule has 0 spiro atoms. The first kappa shape index (κ1) is 16.4. The molecule has 1 N–H and O–H groups in total. The van der Waals surface area contributed by atoms with Gasteiger partial charge in [-0.15, -0.1) is 0 Å². The Morgan fingerprint density at radius 2 is 2.11 bits per heavy atom. The summed E-state index contributed by atoms with van der Waals surface area (Å²) in [7, 11) is -2.91.